The Balaban J connectivity index is 1.36. The minimum Gasteiger partial charge on any atom is -0.494 e. The molecule has 0 radical (unpaired) electrons. The van der Waals surface area contributed by atoms with Crippen molar-refractivity contribution in [2.45, 2.75) is 32.1 Å². The number of carbonyl (C=O) groups excluding carboxylic acids is 1. The van der Waals surface area contributed by atoms with Crippen molar-refractivity contribution in [3.05, 3.63) is 35.1 Å². The molecule has 40 heavy (non-hydrogen) atoms. The quantitative estimate of drug-likeness (QED) is 0.265. The first-order valence-corrected chi connectivity index (χ1v) is 14.8. The summed E-state index contributed by atoms with van der Waals surface area (Å²) in [5, 5.41) is 12.7. The number of aromatic amines is 1. The molecule has 10 nitrogen and oxygen atoms in total. The summed E-state index contributed by atoms with van der Waals surface area (Å²) in [5.41, 5.74) is 3.00. The lowest BCUT2D eigenvalue weighted by molar-refractivity contribution is -0.136. The zero-order valence-corrected chi connectivity index (χ0v) is 25.0. The van der Waals surface area contributed by atoms with E-state index in [2.05, 4.69) is 68.4 Å². The first-order chi connectivity index (χ1) is 19.3. The second kappa shape index (κ2) is 12.5. The number of hydrogen-bond acceptors (Lipinski definition) is 9. The fourth-order valence-corrected chi connectivity index (χ4v) is 6.79. The van der Waals surface area contributed by atoms with Gasteiger partial charge in [0.2, 0.25) is 5.91 Å². The number of amides is 1. The number of fused-ring (bicyclic) bond motifs is 4. The lowest BCUT2D eigenvalue weighted by Gasteiger charge is -2.30. The Morgan fingerprint density at radius 1 is 1.10 bits per heavy atom. The lowest BCUT2D eigenvalue weighted by Crippen LogP contribution is -2.40. The maximum Gasteiger partial charge on any atom is 0.226 e. The van der Waals surface area contributed by atoms with Crippen molar-refractivity contribution in [3.8, 4) is 5.75 Å². The standard InChI is InChI=1S/C29H40N8O2S/c1-35(2)10-6-12-37(13-7-11-36(3)4)29(38)19-8-9-21-25(15-19)40-28-26(21)27(30-18-31-28)33-23-14-20-17-32-34-22(20)16-24(23)39-5/h14,16-19H,6-13,15H2,1-5H3,(H,32,34)(H,30,31,33)/t19-/m0/s1. The SMILES string of the molecule is COc1cc2[nH]ncc2cc1Nc1ncnc2sc3c(c12)CC[C@H](C(=O)N(CCCN(C)C)CCCN(C)C)C3. The van der Waals surface area contributed by atoms with Crippen molar-refractivity contribution in [3.63, 3.8) is 0 Å². The molecule has 0 saturated heterocycles. The van der Waals surface area contributed by atoms with Crippen LogP contribution in [0, 0.1) is 5.92 Å². The van der Waals surface area contributed by atoms with Crippen molar-refractivity contribution in [2.75, 3.05) is 66.8 Å². The Hall–Kier alpha value is -3.28. The summed E-state index contributed by atoms with van der Waals surface area (Å²) in [6, 6.07) is 3.95. The fraction of sp³-hybridized carbons (Fsp3) is 0.517. The lowest BCUT2D eigenvalue weighted by atomic mass is 9.86. The summed E-state index contributed by atoms with van der Waals surface area (Å²) in [4.78, 5) is 31.7. The molecule has 3 aromatic heterocycles. The number of benzene rings is 1. The highest BCUT2D eigenvalue weighted by Gasteiger charge is 2.31. The van der Waals surface area contributed by atoms with E-state index in [1.807, 2.05) is 12.1 Å². The first kappa shape index (κ1) is 28.3. The van der Waals surface area contributed by atoms with Gasteiger partial charge in [0.05, 0.1) is 29.9 Å². The summed E-state index contributed by atoms with van der Waals surface area (Å²) in [6.07, 6.45) is 7.82. The molecule has 1 aliphatic carbocycles. The number of ether oxygens (including phenoxy) is 1. The molecule has 0 unspecified atom stereocenters. The van der Waals surface area contributed by atoms with E-state index in [9.17, 15) is 4.79 Å². The Morgan fingerprint density at radius 2 is 1.85 bits per heavy atom. The number of anilines is 2. The number of aryl methyl sites for hydroxylation is 1. The van der Waals surface area contributed by atoms with Crippen LogP contribution >= 0.6 is 11.3 Å². The smallest absolute Gasteiger partial charge is 0.226 e. The number of methoxy groups -OCH3 is 1. The van der Waals surface area contributed by atoms with Gasteiger partial charge in [0, 0.05) is 35.3 Å². The highest BCUT2D eigenvalue weighted by Crippen LogP contribution is 2.42. The van der Waals surface area contributed by atoms with Gasteiger partial charge in [0.25, 0.3) is 0 Å². The molecular formula is C29H40N8O2S. The molecular weight excluding hydrogens is 524 g/mol. The van der Waals surface area contributed by atoms with Crippen LogP contribution in [0.5, 0.6) is 5.75 Å². The highest BCUT2D eigenvalue weighted by molar-refractivity contribution is 7.19. The molecule has 1 amide bonds. The van der Waals surface area contributed by atoms with Gasteiger partial charge in [0.1, 0.15) is 22.7 Å². The average Bonchev–Trinajstić information content (AvgIpc) is 3.54. The Morgan fingerprint density at radius 3 is 2.55 bits per heavy atom. The first-order valence-electron chi connectivity index (χ1n) is 14.0. The zero-order valence-electron chi connectivity index (χ0n) is 24.2. The Kier molecular flexibility index (Phi) is 8.82. The van der Waals surface area contributed by atoms with Crippen molar-refractivity contribution in [2.24, 2.45) is 5.92 Å². The van der Waals surface area contributed by atoms with Crippen molar-refractivity contribution in [1.82, 2.24) is 34.9 Å². The topological polar surface area (TPSA) is 103 Å². The van der Waals surface area contributed by atoms with Gasteiger partial charge >= 0.3 is 0 Å². The van der Waals surface area contributed by atoms with Gasteiger partial charge in [-0.3, -0.25) is 9.89 Å². The number of thiophene rings is 1. The van der Waals surface area contributed by atoms with Crippen LogP contribution < -0.4 is 10.1 Å². The summed E-state index contributed by atoms with van der Waals surface area (Å²) in [6.45, 7) is 3.58. The second-order valence-corrected chi connectivity index (χ2v) is 12.2. The van der Waals surface area contributed by atoms with E-state index < -0.39 is 0 Å². The largest absolute Gasteiger partial charge is 0.494 e. The minimum atomic E-state index is 0.00670. The van der Waals surface area contributed by atoms with Gasteiger partial charge in [-0.25, -0.2) is 9.97 Å². The number of H-pyrrole nitrogens is 1. The molecule has 2 N–H and O–H groups in total. The van der Waals surface area contributed by atoms with Crippen LogP contribution in [0.4, 0.5) is 11.5 Å². The zero-order chi connectivity index (χ0) is 28.2. The maximum absolute atomic E-state index is 13.8. The normalized spacial score (nSPS) is 15.2. The molecule has 214 valence electrons. The van der Waals surface area contributed by atoms with E-state index in [-0.39, 0.29) is 5.92 Å². The third-order valence-electron chi connectivity index (χ3n) is 7.59. The van der Waals surface area contributed by atoms with Gasteiger partial charge in [-0.05, 0) is 85.0 Å². The number of hydrogen-bond donors (Lipinski definition) is 2. The third kappa shape index (κ3) is 6.21. The van der Waals surface area contributed by atoms with Gasteiger partial charge in [-0.2, -0.15) is 5.10 Å². The van der Waals surface area contributed by atoms with Gasteiger partial charge < -0.3 is 24.8 Å². The van der Waals surface area contributed by atoms with Crippen LogP contribution in [0.15, 0.2) is 24.7 Å². The number of rotatable bonds is 12. The monoisotopic (exact) mass is 564 g/mol. The molecule has 4 aromatic rings. The number of aromatic nitrogens is 4. The number of carbonyl (C=O) groups is 1. The average molecular weight is 565 g/mol. The molecule has 0 fully saturated rings. The summed E-state index contributed by atoms with van der Waals surface area (Å²) < 4.78 is 5.65. The highest BCUT2D eigenvalue weighted by atomic mass is 32.1. The predicted octanol–water partition coefficient (Wildman–Crippen LogP) is 4.16. The number of nitrogens with one attached hydrogen (secondary N) is 2. The van der Waals surface area contributed by atoms with E-state index in [1.165, 1.54) is 10.4 Å². The molecule has 1 aliphatic rings. The van der Waals surface area contributed by atoms with Crippen molar-refractivity contribution >= 4 is 49.9 Å². The molecule has 3 heterocycles. The van der Waals surface area contributed by atoms with Crippen LogP contribution in [-0.4, -0.2) is 102 Å². The summed E-state index contributed by atoms with van der Waals surface area (Å²) >= 11 is 1.69. The number of nitrogens with zero attached hydrogens (tertiary/aromatic N) is 6. The predicted molar refractivity (Wildman–Crippen MR) is 162 cm³/mol. The molecule has 11 heteroatoms. The van der Waals surface area contributed by atoms with Crippen LogP contribution in [0.3, 0.4) is 0 Å². The molecule has 0 saturated carbocycles. The molecule has 1 aromatic carbocycles. The van der Waals surface area contributed by atoms with E-state index in [4.69, 9.17) is 4.74 Å². The Labute approximate surface area is 239 Å². The molecule has 1 atom stereocenters. The summed E-state index contributed by atoms with van der Waals surface area (Å²) in [7, 11) is 9.99. The molecule has 0 aliphatic heterocycles. The van der Waals surface area contributed by atoms with Gasteiger partial charge in [0.15, 0.2) is 0 Å². The molecule has 5 rings (SSSR count). The fourth-order valence-electron chi connectivity index (χ4n) is 5.53. The van der Waals surface area contributed by atoms with E-state index in [1.54, 1.807) is 31.0 Å². The van der Waals surface area contributed by atoms with Crippen LogP contribution in [0.2, 0.25) is 0 Å². The maximum atomic E-state index is 13.8. The van der Waals surface area contributed by atoms with Crippen molar-refractivity contribution < 1.29 is 9.53 Å². The van der Waals surface area contributed by atoms with Crippen molar-refractivity contribution in [1.29, 1.82) is 0 Å². The van der Waals surface area contributed by atoms with Crippen LogP contribution in [0.1, 0.15) is 29.7 Å². The van der Waals surface area contributed by atoms with Gasteiger partial charge in [-0.15, -0.1) is 11.3 Å². The van der Waals surface area contributed by atoms with E-state index >= 15 is 0 Å². The van der Waals surface area contributed by atoms with E-state index in [0.717, 1.165) is 90.9 Å². The van der Waals surface area contributed by atoms with E-state index in [0.29, 0.717) is 11.7 Å². The second-order valence-electron chi connectivity index (χ2n) is 11.1. The molecule has 0 spiro atoms. The van der Waals surface area contributed by atoms with Crippen LogP contribution in [0.25, 0.3) is 21.1 Å². The van der Waals surface area contributed by atoms with Gasteiger partial charge in [-0.1, -0.05) is 0 Å². The summed E-state index contributed by atoms with van der Waals surface area (Å²) in [5.74, 6) is 1.78. The minimum absolute atomic E-state index is 0.00670. The third-order valence-corrected chi connectivity index (χ3v) is 8.75. The Bertz CT molecular complexity index is 1450. The molecule has 0 bridgehead atoms. The van der Waals surface area contributed by atoms with Crippen LogP contribution in [-0.2, 0) is 17.6 Å².